The van der Waals surface area contributed by atoms with E-state index in [0.29, 0.717) is 18.4 Å². The SMILES string of the molecule is CCN(c1ccc(C(C)C)c(OC(C)C)c1)c1ncc(C(=O)O)cn1. The Balaban J connectivity index is 2.41. The Hall–Kier alpha value is -2.63. The van der Waals surface area contributed by atoms with Crippen LogP contribution in [0, 0.1) is 0 Å². The van der Waals surface area contributed by atoms with Gasteiger partial charge < -0.3 is 14.7 Å². The van der Waals surface area contributed by atoms with Crippen LogP contribution in [-0.2, 0) is 0 Å². The van der Waals surface area contributed by atoms with E-state index in [4.69, 9.17) is 9.84 Å². The monoisotopic (exact) mass is 343 g/mol. The molecule has 2 rings (SSSR count). The largest absolute Gasteiger partial charge is 0.491 e. The fourth-order valence-electron chi connectivity index (χ4n) is 2.53. The van der Waals surface area contributed by atoms with Gasteiger partial charge in [-0.2, -0.15) is 0 Å². The second-order valence-electron chi connectivity index (χ2n) is 6.36. The van der Waals surface area contributed by atoms with Gasteiger partial charge in [-0.05, 0) is 38.3 Å². The molecule has 134 valence electrons. The number of nitrogens with zero attached hydrogens (tertiary/aromatic N) is 3. The van der Waals surface area contributed by atoms with E-state index >= 15 is 0 Å². The molecule has 0 radical (unpaired) electrons. The Kier molecular flexibility index (Phi) is 5.96. The first-order chi connectivity index (χ1) is 11.8. The normalized spacial score (nSPS) is 11.0. The van der Waals surface area contributed by atoms with Crippen LogP contribution in [0.15, 0.2) is 30.6 Å². The van der Waals surface area contributed by atoms with Gasteiger partial charge in [-0.25, -0.2) is 14.8 Å². The van der Waals surface area contributed by atoms with Crippen molar-refractivity contribution in [3.05, 3.63) is 41.7 Å². The standard InChI is InChI=1S/C19H25N3O3/c1-6-22(19-20-10-14(11-21-19)18(23)24)15-7-8-16(12(2)3)17(9-15)25-13(4)5/h7-13H,6H2,1-5H3,(H,23,24). The summed E-state index contributed by atoms with van der Waals surface area (Å²) in [5.41, 5.74) is 2.13. The molecule has 0 aliphatic heterocycles. The van der Waals surface area contributed by atoms with E-state index in [9.17, 15) is 4.79 Å². The molecule has 0 unspecified atom stereocenters. The van der Waals surface area contributed by atoms with E-state index in [1.807, 2.05) is 37.8 Å². The van der Waals surface area contributed by atoms with Crippen LogP contribution in [0.25, 0.3) is 0 Å². The molecule has 6 heteroatoms. The molecule has 1 aromatic heterocycles. The third-order valence-corrected chi connectivity index (χ3v) is 3.74. The number of aromatic nitrogens is 2. The number of benzene rings is 1. The molecule has 2 aromatic rings. The number of hydrogen-bond acceptors (Lipinski definition) is 5. The van der Waals surface area contributed by atoms with Crippen molar-refractivity contribution in [2.24, 2.45) is 0 Å². The molecule has 0 aliphatic carbocycles. The molecule has 0 saturated heterocycles. The zero-order chi connectivity index (χ0) is 18.6. The average Bonchev–Trinajstić information content (AvgIpc) is 2.55. The molecule has 0 bridgehead atoms. The first kappa shape index (κ1) is 18.7. The number of aromatic carboxylic acids is 1. The van der Waals surface area contributed by atoms with Crippen molar-refractivity contribution >= 4 is 17.6 Å². The number of rotatable bonds is 7. The maximum absolute atomic E-state index is 11.0. The number of ether oxygens (including phenoxy) is 1. The van der Waals surface area contributed by atoms with Crippen LogP contribution in [0.5, 0.6) is 5.75 Å². The van der Waals surface area contributed by atoms with Gasteiger partial charge in [-0.15, -0.1) is 0 Å². The summed E-state index contributed by atoms with van der Waals surface area (Å²) in [7, 11) is 0. The van der Waals surface area contributed by atoms with Crippen LogP contribution in [0.1, 0.15) is 56.5 Å². The summed E-state index contributed by atoms with van der Waals surface area (Å²) in [6.45, 7) is 10.9. The third kappa shape index (κ3) is 4.47. The minimum absolute atomic E-state index is 0.0683. The highest BCUT2D eigenvalue weighted by Crippen LogP contribution is 2.33. The van der Waals surface area contributed by atoms with Crippen LogP contribution < -0.4 is 9.64 Å². The molecule has 1 heterocycles. The minimum atomic E-state index is -1.04. The van der Waals surface area contributed by atoms with Crippen molar-refractivity contribution in [3.63, 3.8) is 0 Å². The van der Waals surface area contributed by atoms with Crippen LogP contribution in [0.4, 0.5) is 11.6 Å². The van der Waals surface area contributed by atoms with Crippen molar-refractivity contribution in [1.29, 1.82) is 0 Å². The summed E-state index contributed by atoms with van der Waals surface area (Å²) in [4.78, 5) is 21.3. The number of carboxylic acids is 1. The molecule has 0 aliphatic rings. The van der Waals surface area contributed by atoms with Crippen molar-refractivity contribution in [1.82, 2.24) is 9.97 Å². The first-order valence-corrected chi connectivity index (χ1v) is 8.47. The zero-order valence-electron chi connectivity index (χ0n) is 15.4. The molecule has 0 spiro atoms. The van der Waals surface area contributed by atoms with E-state index in [0.717, 1.165) is 17.0 Å². The lowest BCUT2D eigenvalue weighted by Gasteiger charge is -2.24. The van der Waals surface area contributed by atoms with E-state index in [1.165, 1.54) is 12.4 Å². The van der Waals surface area contributed by atoms with Gasteiger partial charge in [-0.1, -0.05) is 19.9 Å². The molecule has 1 N–H and O–H groups in total. The highest BCUT2D eigenvalue weighted by Gasteiger charge is 2.16. The second kappa shape index (κ2) is 7.96. The Bertz CT molecular complexity index is 727. The fraction of sp³-hybridized carbons (Fsp3) is 0.421. The maximum Gasteiger partial charge on any atom is 0.338 e. The molecule has 1 aromatic carbocycles. The highest BCUT2D eigenvalue weighted by molar-refractivity contribution is 5.86. The van der Waals surface area contributed by atoms with Gasteiger partial charge in [0.25, 0.3) is 0 Å². The van der Waals surface area contributed by atoms with Crippen molar-refractivity contribution in [3.8, 4) is 5.75 Å². The minimum Gasteiger partial charge on any atom is -0.491 e. The molecule has 25 heavy (non-hydrogen) atoms. The van der Waals surface area contributed by atoms with Gasteiger partial charge in [0.2, 0.25) is 5.95 Å². The van der Waals surface area contributed by atoms with Crippen molar-refractivity contribution in [2.75, 3.05) is 11.4 Å². The number of carbonyl (C=O) groups is 1. The Morgan fingerprint density at radius 2 is 1.84 bits per heavy atom. The Morgan fingerprint density at radius 1 is 1.20 bits per heavy atom. The van der Waals surface area contributed by atoms with Gasteiger partial charge in [0, 0.05) is 30.7 Å². The van der Waals surface area contributed by atoms with Gasteiger partial charge in [0.15, 0.2) is 0 Å². The zero-order valence-corrected chi connectivity index (χ0v) is 15.4. The topological polar surface area (TPSA) is 75.5 Å². The first-order valence-electron chi connectivity index (χ1n) is 8.47. The Labute approximate surface area is 148 Å². The van der Waals surface area contributed by atoms with Crippen LogP contribution >= 0.6 is 0 Å². The summed E-state index contributed by atoms with van der Waals surface area (Å²) in [6.07, 6.45) is 2.72. The van der Waals surface area contributed by atoms with E-state index in [1.54, 1.807) is 0 Å². The van der Waals surface area contributed by atoms with Gasteiger partial charge in [-0.3, -0.25) is 0 Å². The van der Waals surface area contributed by atoms with Crippen LogP contribution in [-0.4, -0.2) is 33.7 Å². The lowest BCUT2D eigenvalue weighted by molar-refractivity contribution is 0.0696. The van der Waals surface area contributed by atoms with E-state index < -0.39 is 5.97 Å². The molecule has 0 amide bonds. The summed E-state index contributed by atoms with van der Waals surface area (Å²) < 4.78 is 5.98. The molecule has 0 atom stereocenters. The van der Waals surface area contributed by atoms with Crippen molar-refractivity contribution < 1.29 is 14.6 Å². The number of hydrogen-bond donors (Lipinski definition) is 1. The number of anilines is 2. The molecule has 6 nitrogen and oxygen atoms in total. The maximum atomic E-state index is 11.0. The summed E-state index contributed by atoms with van der Waals surface area (Å²) in [5.74, 6) is 0.621. The van der Waals surface area contributed by atoms with Crippen molar-refractivity contribution in [2.45, 2.75) is 46.6 Å². The van der Waals surface area contributed by atoms with Gasteiger partial charge in [0.1, 0.15) is 5.75 Å². The summed E-state index contributed by atoms with van der Waals surface area (Å²) >= 11 is 0. The van der Waals surface area contributed by atoms with Gasteiger partial charge >= 0.3 is 5.97 Å². The quantitative estimate of drug-likeness (QED) is 0.810. The number of carboxylic acid groups (broad SMARTS) is 1. The summed E-state index contributed by atoms with van der Waals surface area (Å²) in [6, 6.07) is 6.07. The molecular weight excluding hydrogens is 318 g/mol. The average molecular weight is 343 g/mol. The van der Waals surface area contributed by atoms with E-state index in [-0.39, 0.29) is 11.7 Å². The second-order valence-corrected chi connectivity index (χ2v) is 6.36. The lowest BCUT2D eigenvalue weighted by atomic mass is 10.0. The summed E-state index contributed by atoms with van der Waals surface area (Å²) in [5, 5.41) is 8.98. The molecular formula is C19H25N3O3. The Morgan fingerprint density at radius 3 is 2.32 bits per heavy atom. The predicted octanol–water partition coefficient (Wildman–Crippen LogP) is 4.24. The smallest absolute Gasteiger partial charge is 0.338 e. The van der Waals surface area contributed by atoms with E-state index in [2.05, 4.69) is 29.9 Å². The molecule has 0 saturated carbocycles. The van der Waals surface area contributed by atoms with Gasteiger partial charge in [0.05, 0.1) is 11.7 Å². The highest BCUT2D eigenvalue weighted by atomic mass is 16.5. The molecule has 0 fully saturated rings. The fourth-order valence-corrected chi connectivity index (χ4v) is 2.53. The predicted molar refractivity (Wildman–Crippen MR) is 98.0 cm³/mol. The lowest BCUT2D eigenvalue weighted by Crippen LogP contribution is -2.19. The van der Waals surface area contributed by atoms with Crippen LogP contribution in [0.2, 0.25) is 0 Å². The third-order valence-electron chi connectivity index (χ3n) is 3.74. The van der Waals surface area contributed by atoms with Crippen LogP contribution in [0.3, 0.4) is 0 Å².